The number of nitrogens with one attached hydrogen (secondary N) is 2. The van der Waals surface area contributed by atoms with Crippen molar-refractivity contribution in [3.8, 4) is 0 Å². The number of rotatable bonds is 10. The predicted molar refractivity (Wildman–Crippen MR) is 133 cm³/mol. The molecule has 1 aliphatic rings. The summed E-state index contributed by atoms with van der Waals surface area (Å²) >= 11 is 1.38. The Morgan fingerprint density at radius 1 is 1.33 bits per heavy atom. The zero-order valence-corrected chi connectivity index (χ0v) is 22.0. The van der Waals surface area contributed by atoms with Gasteiger partial charge in [-0.25, -0.2) is 9.78 Å². The predicted octanol–water partition coefficient (Wildman–Crippen LogP) is 4.46. The minimum Gasteiger partial charge on any atom is -0.462 e. The van der Waals surface area contributed by atoms with Crippen LogP contribution in [0.2, 0.25) is 0 Å². The molecular weight excluding hydrogens is 515 g/mol. The number of hydrogen-bond donors (Lipinski definition) is 2. The molecule has 0 radical (unpaired) electrons. The van der Waals surface area contributed by atoms with Gasteiger partial charge in [0.2, 0.25) is 0 Å². The maximum Gasteiger partial charge on any atom is 0.350 e. The molecule has 1 saturated carbocycles. The van der Waals surface area contributed by atoms with Gasteiger partial charge in [-0.15, -0.1) is 35.3 Å². The highest BCUT2D eigenvalue weighted by Gasteiger charge is 2.33. The number of aryl methyl sites for hydroxylation is 1. The summed E-state index contributed by atoms with van der Waals surface area (Å²) in [6.45, 7) is 10.5. The summed E-state index contributed by atoms with van der Waals surface area (Å²) in [5.74, 6) is 0.483. The minimum absolute atomic E-state index is 0. The summed E-state index contributed by atoms with van der Waals surface area (Å²) in [7, 11) is 1.76. The Hall–Kier alpha value is -0.940. The van der Waals surface area contributed by atoms with Gasteiger partial charge in [-0.3, -0.25) is 4.99 Å². The van der Waals surface area contributed by atoms with Crippen molar-refractivity contribution in [3.63, 3.8) is 0 Å². The van der Waals surface area contributed by atoms with E-state index in [4.69, 9.17) is 14.5 Å². The Kier molecular flexibility index (Phi) is 12.2. The molecular formula is C21H37IN4O3S. The lowest BCUT2D eigenvalue weighted by Crippen LogP contribution is -2.39. The van der Waals surface area contributed by atoms with E-state index < -0.39 is 0 Å². The normalized spacial score (nSPS) is 16.6. The van der Waals surface area contributed by atoms with Gasteiger partial charge in [0.15, 0.2) is 5.96 Å². The molecule has 0 amide bonds. The van der Waals surface area contributed by atoms with E-state index in [1.165, 1.54) is 37.0 Å². The lowest BCUT2D eigenvalue weighted by atomic mass is 9.83. The number of carbonyl (C=O) groups excluding carboxylic acids is 1. The first kappa shape index (κ1) is 27.1. The van der Waals surface area contributed by atoms with Crippen LogP contribution in [0.5, 0.6) is 0 Å². The van der Waals surface area contributed by atoms with Crippen molar-refractivity contribution in [1.82, 2.24) is 15.6 Å². The van der Waals surface area contributed by atoms with E-state index in [-0.39, 0.29) is 41.4 Å². The van der Waals surface area contributed by atoms with Gasteiger partial charge >= 0.3 is 5.97 Å². The molecule has 7 nitrogen and oxygen atoms in total. The van der Waals surface area contributed by atoms with Crippen molar-refractivity contribution >= 4 is 47.2 Å². The second-order valence-electron chi connectivity index (χ2n) is 7.70. The Morgan fingerprint density at radius 2 is 2.03 bits per heavy atom. The SMILES string of the molecule is CCNC(=NCC1(CCOC)CCCC1)NC(C)c1nc(C)c(C(=O)OCC)s1.I. The molecule has 30 heavy (non-hydrogen) atoms. The smallest absolute Gasteiger partial charge is 0.350 e. The highest BCUT2D eigenvalue weighted by molar-refractivity contribution is 14.0. The van der Waals surface area contributed by atoms with E-state index in [9.17, 15) is 4.79 Å². The topological polar surface area (TPSA) is 84.8 Å². The molecule has 1 fully saturated rings. The van der Waals surface area contributed by atoms with Crippen LogP contribution in [0.4, 0.5) is 0 Å². The van der Waals surface area contributed by atoms with Crippen molar-refractivity contribution in [1.29, 1.82) is 0 Å². The van der Waals surface area contributed by atoms with E-state index >= 15 is 0 Å². The minimum atomic E-state index is -0.303. The molecule has 1 aliphatic carbocycles. The van der Waals surface area contributed by atoms with E-state index in [1.807, 2.05) is 20.8 Å². The average molecular weight is 553 g/mol. The first-order valence-electron chi connectivity index (χ1n) is 10.6. The highest BCUT2D eigenvalue weighted by atomic mass is 127. The summed E-state index contributed by atoms with van der Waals surface area (Å²) in [5.41, 5.74) is 0.958. The van der Waals surface area contributed by atoms with Crippen LogP contribution in [0, 0.1) is 12.3 Å². The van der Waals surface area contributed by atoms with Crippen molar-refractivity contribution in [3.05, 3.63) is 15.6 Å². The fourth-order valence-corrected chi connectivity index (χ4v) is 4.72. The van der Waals surface area contributed by atoms with Crippen molar-refractivity contribution in [2.24, 2.45) is 10.4 Å². The van der Waals surface area contributed by atoms with Gasteiger partial charge in [0.05, 0.1) is 18.3 Å². The summed E-state index contributed by atoms with van der Waals surface area (Å²) in [6.07, 6.45) is 6.02. The number of ether oxygens (including phenoxy) is 2. The summed E-state index contributed by atoms with van der Waals surface area (Å²) in [5, 5.41) is 7.64. The molecule has 0 bridgehead atoms. The maximum atomic E-state index is 12.1. The van der Waals surface area contributed by atoms with E-state index in [2.05, 4.69) is 22.5 Å². The Labute approximate surface area is 201 Å². The van der Waals surface area contributed by atoms with Gasteiger partial charge in [0, 0.05) is 26.8 Å². The zero-order valence-electron chi connectivity index (χ0n) is 18.9. The zero-order chi connectivity index (χ0) is 21.3. The molecule has 1 aromatic heterocycles. The third-order valence-electron chi connectivity index (χ3n) is 5.42. The third kappa shape index (κ3) is 7.64. The standard InChI is InChI=1S/C21H36N4O3S.HI/c1-6-22-20(23-14-21(12-13-27-5)10-8-9-11-21)25-16(4)18-24-15(3)17(29-18)19(26)28-7-2;/h16H,6-14H2,1-5H3,(H2,22,23,25);1H. The third-order valence-corrected chi connectivity index (χ3v) is 6.74. The lowest BCUT2D eigenvalue weighted by Gasteiger charge is -2.27. The van der Waals surface area contributed by atoms with E-state index in [0.717, 1.165) is 37.1 Å². The van der Waals surface area contributed by atoms with Crippen molar-refractivity contribution in [2.75, 3.05) is 33.4 Å². The number of methoxy groups -OCH3 is 1. The van der Waals surface area contributed by atoms with Crippen LogP contribution < -0.4 is 10.6 Å². The van der Waals surface area contributed by atoms with Crippen LogP contribution in [-0.4, -0.2) is 50.3 Å². The van der Waals surface area contributed by atoms with Crippen LogP contribution in [0.3, 0.4) is 0 Å². The van der Waals surface area contributed by atoms with E-state index in [1.54, 1.807) is 7.11 Å². The largest absolute Gasteiger partial charge is 0.462 e. The molecule has 0 aromatic carbocycles. The van der Waals surface area contributed by atoms with Gasteiger partial charge in [0.25, 0.3) is 0 Å². The molecule has 0 aliphatic heterocycles. The molecule has 9 heteroatoms. The molecule has 1 atom stereocenters. The molecule has 0 saturated heterocycles. The number of hydrogen-bond acceptors (Lipinski definition) is 6. The first-order chi connectivity index (χ1) is 13.9. The fraction of sp³-hybridized carbons (Fsp3) is 0.762. The van der Waals surface area contributed by atoms with Crippen LogP contribution in [0.15, 0.2) is 4.99 Å². The first-order valence-corrected chi connectivity index (χ1v) is 11.4. The average Bonchev–Trinajstić information content (AvgIpc) is 3.32. The van der Waals surface area contributed by atoms with Crippen molar-refractivity contribution in [2.45, 2.75) is 65.8 Å². The molecule has 1 heterocycles. The summed E-state index contributed by atoms with van der Waals surface area (Å²) < 4.78 is 10.5. The Bertz CT molecular complexity index is 690. The van der Waals surface area contributed by atoms with Gasteiger partial charge < -0.3 is 20.1 Å². The second-order valence-corrected chi connectivity index (χ2v) is 8.73. The lowest BCUT2D eigenvalue weighted by molar-refractivity contribution is 0.0531. The maximum absolute atomic E-state index is 12.1. The molecule has 2 N–H and O–H groups in total. The second kappa shape index (κ2) is 13.5. The number of halogens is 1. The van der Waals surface area contributed by atoms with Gasteiger partial charge in [-0.05, 0) is 52.4 Å². The summed E-state index contributed by atoms with van der Waals surface area (Å²) in [6, 6.07) is -0.0572. The number of carbonyl (C=O) groups is 1. The van der Waals surface area contributed by atoms with Gasteiger partial charge in [-0.1, -0.05) is 12.8 Å². The Balaban J connectivity index is 0.00000450. The van der Waals surface area contributed by atoms with Gasteiger partial charge in [0.1, 0.15) is 9.88 Å². The number of esters is 1. The number of guanidine groups is 1. The molecule has 0 spiro atoms. The van der Waals surface area contributed by atoms with E-state index in [0.29, 0.717) is 17.2 Å². The number of thiazole rings is 1. The van der Waals surface area contributed by atoms with Crippen LogP contribution >= 0.6 is 35.3 Å². The van der Waals surface area contributed by atoms with Crippen LogP contribution in [0.1, 0.15) is 79.3 Å². The van der Waals surface area contributed by atoms with Crippen LogP contribution in [0.25, 0.3) is 0 Å². The highest BCUT2D eigenvalue weighted by Crippen LogP contribution is 2.41. The molecule has 172 valence electrons. The van der Waals surface area contributed by atoms with Crippen molar-refractivity contribution < 1.29 is 14.3 Å². The number of nitrogens with zero attached hydrogens (tertiary/aromatic N) is 2. The molecule has 1 unspecified atom stereocenters. The van der Waals surface area contributed by atoms with Gasteiger partial charge in [-0.2, -0.15) is 0 Å². The monoisotopic (exact) mass is 552 g/mol. The number of aliphatic imine (C=N–C) groups is 1. The quantitative estimate of drug-likeness (QED) is 0.193. The van der Waals surface area contributed by atoms with Crippen LogP contribution in [-0.2, 0) is 9.47 Å². The number of aromatic nitrogens is 1. The summed E-state index contributed by atoms with van der Waals surface area (Å²) in [4.78, 5) is 22.1. The molecule has 1 aromatic rings. The Morgan fingerprint density at radius 3 is 2.63 bits per heavy atom. The fourth-order valence-electron chi connectivity index (χ4n) is 3.75. The molecule has 2 rings (SSSR count).